The number of nitrogens with zero attached hydrogens (tertiary/aromatic N) is 3. The van der Waals surface area contributed by atoms with Gasteiger partial charge in [0.2, 0.25) is 5.95 Å². The molecule has 0 amide bonds. The van der Waals surface area contributed by atoms with E-state index in [1.165, 1.54) is 12.8 Å². The van der Waals surface area contributed by atoms with Crippen LogP contribution < -0.4 is 10.2 Å². The van der Waals surface area contributed by atoms with E-state index in [0.29, 0.717) is 6.04 Å². The van der Waals surface area contributed by atoms with Crippen molar-refractivity contribution < 1.29 is 0 Å². The molecule has 4 heteroatoms. The molecule has 0 saturated carbocycles. The van der Waals surface area contributed by atoms with Gasteiger partial charge in [0.25, 0.3) is 0 Å². The molecule has 128 valence electrons. The average molecular weight is 324 g/mol. The van der Waals surface area contributed by atoms with Crippen molar-refractivity contribution in [2.24, 2.45) is 5.92 Å². The zero-order chi connectivity index (χ0) is 16.9. The van der Waals surface area contributed by atoms with Crippen molar-refractivity contribution in [3.63, 3.8) is 0 Å². The molecule has 1 aromatic carbocycles. The third kappa shape index (κ3) is 4.05. The summed E-state index contributed by atoms with van der Waals surface area (Å²) in [6, 6.07) is 12.8. The van der Waals surface area contributed by atoms with E-state index < -0.39 is 0 Å². The minimum Gasteiger partial charge on any atom is -0.367 e. The van der Waals surface area contributed by atoms with E-state index in [1.807, 2.05) is 6.07 Å². The first-order chi connectivity index (χ1) is 11.7. The van der Waals surface area contributed by atoms with Gasteiger partial charge < -0.3 is 10.2 Å². The molecule has 0 spiro atoms. The first-order valence-electron chi connectivity index (χ1n) is 9.11. The van der Waals surface area contributed by atoms with Crippen molar-refractivity contribution in [1.29, 1.82) is 0 Å². The molecular weight excluding hydrogens is 296 g/mol. The maximum atomic E-state index is 4.86. The molecule has 0 aliphatic carbocycles. The predicted octanol–water partition coefficient (Wildman–Crippen LogP) is 4.59. The van der Waals surface area contributed by atoms with Gasteiger partial charge in [-0.05, 0) is 32.1 Å². The van der Waals surface area contributed by atoms with Crippen molar-refractivity contribution in [3.05, 3.63) is 36.4 Å². The Bertz CT molecular complexity index is 648. The Morgan fingerprint density at radius 2 is 1.88 bits per heavy atom. The van der Waals surface area contributed by atoms with Crippen LogP contribution in [0.15, 0.2) is 36.4 Å². The number of anilines is 2. The monoisotopic (exact) mass is 324 g/mol. The fourth-order valence-electron chi connectivity index (χ4n) is 2.97. The second-order valence-electron chi connectivity index (χ2n) is 6.93. The van der Waals surface area contributed by atoms with E-state index in [1.54, 1.807) is 0 Å². The minimum atomic E-state index is 0.401. The summed E-state index contributed by atoms with van der Waals surface area (Å²) in [6.07, 6.45) is 3.50. The molecule has 1 atom stereocenters. The largest absolute Gasteiger partial charge is 0.367 e. The standard InChI is InChI=1S/C20H28N4/c1-4-16(3)21-19-14-18(17-8-6-5-7-9-17)22-20(23-19)24-12-10-15(2)11-13-24/h5-9,14-16H,4,10-13H2,1-3H3,(H,21,22,23). The maximum absolute atomic E-state index is 4.86. The first kappa shape index (κ1) is 16.7. The van der Waals surface area contributed by atoms with Crippen molar-refractivity contribution in [2.45, 2.75) is 46.1 Å². The van der Waals surface area contributed by atoms with Crippen LogP contribution in [0.25, 0.3) is 11.3 Å². The molecule has 24 heavy (non-hydrogen) atoms. The van der Waals surface area contributed by atoms with Gasteiger partial charge in [-0.1, -0.05) is 44.2 Å². The van der Waals surface area contributed by atoms with Crippen LogP contribution in [0.5, 0.6) is 0 Å². The lowest BCUT2D eigenvalue weighted by Gasteiger charge is -2.30. The number of piperidine rings is 1. The van der Waals surface area contributed by atoms with Gasteiger partial charge >= 0.3 is 0 Å². The molecule has 2 aromatic rings. The van der Waals surface area contributed by atoms with Crippen molar-refractivity contribution >= 4 is 11.8 Å². The number of hydrogen-bond donors (Lipinski definition) is 1. The summed E-state index contributed by atoms with van der Waals surface area (Å²) in [4.78, 5) is 12.0. The number of nitrogens with one attached hydrogen (secondary N) is 1. The zero-order valence-corrected chi connectivity index (χ0v) is 15.0. The highest BCUT2D eigenvalue weighted by Crippen LogP contribution is 2.26. The molecular formula is C20H28N4. The molecule has 3 rings (SSSR count). The van der Waals surface area contributed by atoms with Gasteiger partial charge in [0.15, 0.2) is 0 Å². The predicted molar refractivity (Wildman–Crippen MR) is 101 cm³/mol. The van der Waals surface area contributed by atoms with Gasteiger partial charge in [-0.3, -0.25) is 0 Å². The maximum Gasteiger partial charge on any atom is 0.227 e. The second-order valence-corrected chi connectivity index (χ2v) is 6.93. The molecule has 4 nitrogen and oxygen atoms in total. The minimum absolute atomic E-state index is 0.401. The Morgan fingerprint density at radius 3 is 2.54 bits per heavy atom. The Morgan fingerprint density at radius 1 is 1.17 bits per heavy atom. The summed E-state index contributed by atoms with van der Waals surface area (Å²) in [7, 11) is 0. The van der Waals surface area contributed by atoms with Crippen LogP contribution in [-0.2, 0) is 0 Å². The number of rotatable bonds is 5. The van der Waals surface area contributed by atoms with Crippen LogP contribution in [-0.4, -0.2) is 29.1 Å². The van der Waals surface area contributed by atoms with Crippen molar-refractivity contribution in [3.8, 4) is 11.3 Å². The topological polar surface area (TPSA) is 41.1 Å². The second kappa shape index (κ2) is 7.65. The van der Waals surface area contributed by atoms with E-state index in [-0.39, 0.29) is 0 Å². The van der Waals surface area contributed by atoms with Gasteiger partial charge in [0.1, 0.15) is 5.82 Å². The van der Waals surface area contributed by atoms with Gasteiger partial charge in [0.05, 0.1) is 5.69 Å². The number of aromatic nitrogens is 2. The van der Waals surface area contributed by atoms with Crippen LogP contribution in [0, 0.1) is 5.92 Å². The lowest BCUT2D eigenvalue weighted by atomic mass is 10.00. The zero-order valence-electron chi connectivity index (χ0n) is 15.0. The fourth-order valence-corrected chi connectivity index (χ4v) is 2.97. The molecule has 0 radical (unpaired) electrons. The molecule has 1 N–H and O–H groups in total. The smallest absolute Gasteiger partial charge is 0.227 e. The van der Waals surface area contributed by atoms with E-state index >= 15 is 0 Å². The Labute approximate surface area is 145 Å². The third-order valence-electron chi connectivity index (χ3n) is 4.86. The summed E-state index contributed by atoms with van der Waals surface area (Å²) in [5.74, 6) is 2.58. The van der Waals surface area contributed by atoms with Crippen molar-refractivity contribution in [2.75, 3.05) is 23.3 Å². The first-order valence-corrected chi connectivity index (χ1v) is 9.11. The fraction of sp³-hybridized carbons (Fsp3) is 0.500. The molecule has 2 heterocycles. The van der Waals surface area contributed by atoms with E-state index in [2.05, 4.69) is 61.3 Å². The summed E-state index contributed by atoms with van der Waals surface area (Å²) in [5, 5.41) is 3.51. The van der Waals surface area contributed by atoms with Gasteiger partial charge in [-0.25, -0.2) is 4.98 Å². The van der Waals surface area contributed by atoms with E-state index in [0.717, 1.165) is 48.5 Å². The summed E-state index contributed by atoms with van der Waals surface area (Å²) >= 11 is 0. The van der Waals surface area contributed by atoms with E-state index in [4.69, 9.17) is 9.97 Å². The quantitative estimate of drug-likeness (QED) is 0.873. The average Bonchev–Trinajstić information content (AvgIpc) is 2.62. The third-order valence-corrected chi connectivity index (χ3v) is 4.86. The van der Waals surface area contributed by atoms with Gasteiger partial charge in [-0.2, -0.15) is 4.98 Å². The lowest BCUT2D eigenvalue weighted by Crippen LogP contribution is -2.34. The van der Waals surface area contributed by atoms with Crippen molar-refractivity contribution in [1.82, 2.24) is 9.97 Å². The van der Waals surface area contributed by atoms with Crippen LogP contribution >= 0.6 is 0 Å². The molecule has 1 fully saturated rings. The number of hydrogen-bond acceptors (Lipinski definition) is 4. The molecule has 1 unspecified atom stereocenters. The highest BCUT2D eigenvalue weighted by molar-refractivity contribution is 5.64. The lowest BCUT2D eigenvalue weighted by molar-refractivity contribution is 0.434. The highest BCUT2D eigenvalue weighted by Gasteiger charge is 2.19. The van der Waals surface area contributed by atoms with Crippen LogP contribution in [0.4, 0.5) is 11.8 Å². The van der Waals surface area contributed by atoms with Crippen LogP contribution in [0.1, 0.15) is 40.0 Å². The molecule has 1 aromatic heterocycles. The molecule has 1 saturated heterocycles. The summed E-state index contributed by atoms with van der Waals surface area (Å²) < 4.78 is 0. The van der Waals surface area contributed by atoms with Crippen LogP contribution in [0.3, 0.4) is 0 Å². The molecule has 1 aliphatic rings. The highest BCUT2D eigenvalue weighted by atomic mass is 15.3. The van der Waals surface area contributed by atoms with Crippen LogP contribution in [0.2, 0.25) is 0 Å². The normalized spacial score (nSPS) is 16.9. The SMILES string of the molecule is CCC(C)Nc1cc(-c2ccccc2)nc(N2CCC(C)CC2)n1. The Kier molecular flexibility index (Phi) is 5.34. The van der Waals surface area contributed by atoms with Gasteiger partial charge in [0, 0.05) is 30.8 Å². The Balaban J connectivity index is 1.93. The van der Waals surface area contributed by atoms with E-state index in [9.17, 15) is 0 Å². The summed E-state index contributed by atoms with van der Waals surface area (Å²) in [6.45, 7) is 8.79. The summed E-state index contributed by atoms with van der Waals surface area (Å²) in [5.41, 5.74) is 2.13. The number of benzene rings is 1. The Hall–Kier alpha value is -2.10. The van der Waals surface area contributed by atoms with Gasteiger partial charge in [-0.15, -0.1) is 0 Å². The molecule has 1 aliphatic heterocycles. The molecule has 0 bridgehead atoms.